The van der Waals surface area contributed by atoms with E-state index in [9.17, 15) is 0 Å². The minimum absolute atomic E-state index is 0.602. The first-order valence-corrected chi connectivity index (χ1v) is 5.59. The van der Waals surface area contributed by atoms with Crippen LogP contribution in [0.4, 0.5) is 5.82 Å². The fourth-order valence-corrected chi connectivity index (χ4v) is 1.79. The zero-order valence-electron chi connectivity index (χ0n) is 9.91. The Bertz CT molecular complexity index is 661. The maximum Gasteiger partial charge on any atom is 0.154 e. The van der Waals surface area contributed by atoms with Gasteiger partial charge in [-0.1, -0.05) is 0 Å². The first-order valence-electron chi connectivity index (χ1n) is 5.59. The van der Waals surface area contributed by atoms with Gasteiger partial charge in [-0.25, -0.2) is 19.9 Å². The Kier molecular flexibility index (Phi) is 2.60. The number of aromatic nitrogens is 5. The van der Waals surface area contributed by atoms with E-state index in [1.54, 1.807) is 18.7 Å². The van der Waals surface area contributed by atoms with Crippen molar-refractivity contribution in [1.29, 1.82) is 0 Å². The number of hydrogen-bond acceptors (Lipinski definition) is 5. The molecule has 0 fully saturated rings. The number of nitrogens with one attached hydrogen (secondary N) is 1. The fourth-order valence-electron chi connectivity index (χ4n) is 1.79. The van der Waals surface area contributed by atoms with E-state index in [0.717, 1.165) is 22.5 Å². The molecule has 0 radical (unpaired) electrons. The molecule has 18 heavy (non-hydrogen) atoms. The summed E-state index contributed by atoms with van der Waals surface area (Å²) in [7, 11) is 1.96. The van der Waals surface area contributed by atoms with Crippen LogP contribution in [0.25, 0.3) is 11.0 Å². The van der Waals surface area contributed by atoms with Crippen LogP contribution in [-0.2, 0) is 13.6 Å². The van der Waals surface area contributed by atoms with Gasteiger partial charge in [-0.2, -0.15) is 0 Å². The number of anilines is 1. The molecule has 0 aliphatic carbocycles. The van der Waals surface area contributed by atoms with Crippen LogP contribution in [0.5, 0.6) is 0 Å². The smallest absolute Gasteiger partial charge is 0.154 e. The third-order valence-electron chi connectivity index (χ3n) is 2.72. The SMILES string of the molecule is Cn1cnc2c(NCc3ccncn3)nccc21. The number of aryl methyl sites for hydroxylation is 1. The van der Waals surface area contributed by atoms with E-state index in [0.29, 0.717) is 6.54 Å². The molecular weight excluding hydrogens is 228 g/mol. The predicted octanol–water partition coefficient (Wildman–Crippen LogP) is 1.37. The van der Waals surface area contributed by atoms with Gasteiger partial charge in [-0.3, -0.25) is 0 Å². The molecule has 90 valence electrons. The molecule has 0 aromatic carbocycles. The van der Waals surface area contributed by atoms with Crippen LogP contribution in [0, 0.1) is 0 Å². The average Bonchev–Trinajstić information content (AvgIpc) is 2.80. The molecule has 6 heteroatoms. The topological polar surface area (TPSA) is 68.5 Å². The summed E-state index contributed by atoms with van der Waals surface area (Å²) in [6.45, 7) is 0.602. The zero-order valence-corrected chi connectivity index (χ0v) is 9.91. The van der Waals surface area contributed by atoms with Gasteiger partial charge >= 0.3 is 0 Å². The van der Waals surface area contributed by atoms with E-state index >= 15 is 0 Å². The van der Waals surface area contributed by atoms with Gasteiger partial charge in [0.2, 0.25) is 0 Å². The Balaban J connectivity index is 1.87. The van der Waals surface area contributed by atoms with E-state index < -0.39 is 0 Å². The Morgan fingerprint density at radius 1 is 1.17 bits per heavy atom. The highest BCUT2D eigenvalue weighted by atomic mass is 15.1. The monoisotopic (exact) mass is 240 g/mol. The molecular formula is C12H12N6. The average molecular weight is 240 g/mol. The number of rotatable bonds is 3. The van der Waals surface area contributed by atoms with Crippen LogP contribution in [0.3, 0.4) is 0 Å². The van der Waals surface area contributed by atoms with Crippen molar-refractivity contribution in [3.05, 3.63) is 42.9 Å². The molecule has 3 aromatic rings. The van der Waals surface area contributed by atoms with Crippen molar-refractivity contribution < 1.29 is 0 Å². The van der Waals surface area contributed by atoms with Crippen molar-refractivity contribution in [2.75, 3.05) is 5.32 Å². The summed E-state index contributed by atoms with van der Waals surface area (Å²) in [5.41, 5.74) is 2.84. The van der Waals surface area contributed by atoms with Gasteiger partial charge in [0.1, 0.15) is 11.8 Å². The lowest BCUT2D eigenvalue weighted by Crippen LogP contribution is -2.03. The van der Waals surface area contributed by atoms with E-state index in [4.69, 9.17) is 0 Å². The molecule has 6 nitrogen and oxygen atoms in total. The molecule has 0 saturated heterocycles. The van der Waals surface area contributed by atoms with Crippen molar-refractivity contribution in [2.45, 2.75) is 6.54 Å². The molecule has 0 atom stereocenters. The Morgan fingerprint density at radius 2 is 2.11 bits per heavy atom. The van der Waals surface area contributed by atoms with E-state index in [1.165, 1.54) is 6.33 Å². The summed E-state index contributed by atoms with van der Waals surface area (Å²) in [6.07, 6.45) is 6.80. The van der Waals surface area contributed by atoms with Crippen molar-refractivity contribution in [2.24, 2.45) is 7.05 Å². The predicted molar refractivity (Wildman–Crippen MR) is 67.9 cm³/mol. The largest absolute Gasteiger partial charge is 0.363 e. The maximum absolute atomic E-state index is 4.34. The van der Waals surface area contributed by atoms with Crippen molar-refractivity contribution in [1.82, 2.24) is 24.5 Å². The zero-order chi connectivity index (χ0) is 12.4. The van der Waals surface area contributed by atoms with Crippen LogP contribution in [0.2, 0.25) is 0 Å². The Labute approximate surface area is 104 Å². The second kappa shape index (κ2) is 4.40. The first kappa shape index (κ1) is 10.6. The summed E-state index contributed by atoms with van der Waals surface area (Å²) < 4.78 is 1.97. The lowest BCUT2D eigenvalue weighted by Gasteiger charge is -2.05. The van der Waals surface area contributed by atoms with Gasteiger partial charge in [0.15, 0.2) is 5.82 Å². The molecule has 0 spiro atoms. The van der Waals surface area contributed by atoms with Gasteiger partial charge < -0.3 is 9.88 Å². The van der Waals surface area contributed by atoms with Crippen molar-refractivity contribution in [3.8, 4) is 0 Å². The van der Waals surface area contributed by atoms with Crippen LogP contribution in [-0.4, -0.2) is 24.5 Å². The Morgan fingerprint density at radius 3 is 2.94 bits per heavy atom. The van der Waals surface area contributed by atoms with Crippen LogP contribution in [0.15, 0.2) is 37.2 Å². The third-order valence-corrected chi connectivity index (χ3v) is 2.72. The van der Waals surface area contributed by atoms with Crippen LogP contribution < -0.4 is 5.32 Å². The fraction of sp³-hybridized carbons (Fsp3) is 0.167. The number of hydrogen-bond donors (Lipinski definition) is 1. The first-order chi connectivity index (χ1) is 8.84. The highest BCUT2D eigenvalue weighted by Gasteiger charge is 2.06. The second-order valence-electron chi connectivity index (χ2n) is 3.94. The highest BCUT2D eigenvalue weighted by Crippen LogP contribution is 2.18. The van der Waals surface area contributed by atoms with Gasteiger partial charge in [0, 0.05) is 19.4 Å². The maximum atomic E-state index is 4.34. The summed E-state index contributed by atoms with van der Waals surface area (Å²) in [4.78, 5) is 16.7. The molecule has 3 heterocycles. The summed E-state index contributed by atoms with van der Waals surface area (Å²) in [6, 6.07) is 3.81. The van der Waals surface area contributed by atoms with Gasteiger partial charge in [-0.15, -0.1) is 0 Å². The van der Waals surface area contributed by atoms with E-state index in [2.05, 4.69) is 25.3 Å². The number of pyridine rings is 1. The van der Waals surface area contributed by atoms with Crippen molar-refractivity contribution >= 4 is 16.9 Å². The molecule has 0 aliphatic rings. The summed E-state index contributed by atoms with van der Waals surface area (Å²) in [5.74, 6) is 0.770. The number of fused-ring (bicyclic) bond motifs is 1. The minimum atomic E-state index is 0.602. The van der Waals surface area contributed by atoms with Crippen LogP contribution in [0.1, 0.15) is 5.69 Å². The molecule has 3 aromatic heterocycles. The van der Waals surface area contributed by atoms with Gasteiger partial charge in [0.25, 0.3) is 0 Å². The molecule has 0 saturated carbocycles. The van der Waals surface area contributed by atoms with Gasteiger partial charge in [0.05, 0.1) is 24.1 Å². The van der Waals surface area contributed by atoms with E-state index in [-0.39, 0.29) is 0 Å². The molecule has 0 unspecified atom stereocenters. The molecule has 0 aliphatic heterocycles. The van der Waals surface area contributed by atoms with Gasteiger partial charge in [-0.05, 0) is 12.1 Å². The highest BCUT2D eigenvalue weighted by molar-refractivity contribution is 5.85. The lowest BCUT2D eigenvalue weighted by molar-refractivity contribution is 0.947. The minimum Gasteiger partial charge on any atom is -0.363 e. The number of nitrogens with zero attached hydrogens (tertiary/aromatic N) is 5. The summed E-state index contributed by atoms with van der Waals surface area (Å²) in [5, 5.41) is 3.24. The van der Waals surface area contributed by atoms with Crippen molar-refractivity contribution in [3.63, 3.8) is 0 Å². The standard InChI is InChI=1S/C12H12N6/c1-18-8-17-11-10(18)3-5-14-12(11)15-6-9-2-4-13-7-16-9/h2-5,7-8H,6H2,1H3,(H,14,15). The second-order valence-corrected chi connectivity index (χ2v) is 3.94. The number of imidazole rings is 1. The normalized spacial score (nSPS) is 10.7. The van der Waals surface area contributed by atoms with E-state index in [1.807, 2.05) is 23.7 Å². The summed E-state index contributed by atoms with van der Waals surface area (Å²) >= 11 is 0. The molecule has 1 N–H and O–H groups in total. The Hall–Kier alpha value is -2.50. The quantitative estimate of drug-likeness (QED) is 0.748. The molecule has 0 bridgehead atoms. The third kappa shape index (κ3) is 1.88. The molecule has 0 amide bonds. The lowest BCUT2D eigenvalue weighted by atomic mass is 10.3. The molecule has 3 rings (SSSR count). The van der Waals surface area contributed by atoms with Crippen LogP contribution >= 0.6 is 0 Å².